The maximum absolute atomic E-state index is 11.9. The molecule has 0 heterocycles. The number of benzene rings is 1. The summed E-state index contributed by atoms with van der Waals surface area (Å²) in [5.74, 6) is 0.949. The summed E-state index contributed by atoms with van der Waals surface area (Å²) in [6, 6.07) is 8.52. The van der Waals surface area contributed by atoms with E-state index in [2.05, 4.69) is 59.1 Å². The molecule has 0 aliphatic heterocycles. The van der Waals surface area contributed by atoms with Gasteiger partial charge in [-0.15, -0.1) is 0 Å². The van der Waals surface area contributed by atoms with Crippen molar-refractivity contribution in [2.24, 2.45) is 4.99 Å². The lowest BCUT2D eigenvalue weighted by atomic mass is 9.99. The summed E-state index contributed by atoms with van der Waals surface area (Å²) in [7, 11) is 0. The SMILES string of the molecule is CCNC(=NCC(=O)NC(C)(C)C)NCC(C)c1cccc(C)c1. The molecule has 5 heteroatoms. The second kappa shape index (κ2) is 9.30. The van der Waals surface area contributed by atoms with E-state index in [1.807, 2.05) is 27.7 Å². The molecule has 0 spiro atoms. The van der Waals surface area contributed by atoms with E-state index < -0.39 is 0 Å². The zero-order chi connectivity index (χ0) is 18.2. The van der Waals surface area contributed by atoms with Crippen LogP contribution in [-0.4, -0.2) is 37.0 Å². The molecule has 1 atom stereocenters. The maximum atomic E-state index is 11.9. The predicted octanol–water partition coefficient (Wildman–Crippen LogP) is 2.57. The molecule has 0 aliphatic carbocycles. The largest absolute Gasteiger partial charge is 0.357 e. The first kappa shape index (κ1) is 20.0. The van der Waals surface area contributed by atoms with Crippen LogP contribution in [0.3, 0.4) is 0 Å². The van der Waals surface area contributed by atoms with Crippen LogP contribution in [0.25, 0.3) is 0 Å². The van der Waals surface area contributed by atoms with Crippen LogP contribution in [0.15, 0.2) is 29.3 Å². The van der Waals surface area contributed by atoms with Gasteiger partial charge in [-0.3, -0.25) is 4.79 Å². The van der Waals surface area contributed by atoms with Crippen molar-refractivity contribution in [2.75, 3.05) is 19.6 Å². The van der Waals surface area contributed by atoms with Crippen molar-refractivity contribution in [3.05, 3.63) is 35.4 Å². The maximum Gasteiger partial charge on any atom is 0.242 e. The fourth-order valence-corrected chi connectivity index (χ4v) is 2.29. The first-order valence-corrected chi connectivity index (χ1v) is 8.61. The Morgan fingerprint density at radius 3 is 2.54 bits per heavy atom. The van der Waals surface area contributed by atoms with E-state index in [1.165, 1.54) is 11.1 Å². The number of hydrogen-bond donors (Lipinski definition) is 3. The summed E-state index contributed by atoms with van der Waals surface area (Å²) in [6.07, 6.45) is 0. The van der Waals surface area contributed by atoms with E-state index in [1.54, 1.807) is 0 Å². The Bertz CT molecular complexity index is 561. The Balaban J connectivity index is 2.59. The van der Waals surface area contributed by atoms with Crippen molar-refractivity contribution in [3.8, 4) is 0 Å². The number of rotatable bonds is 6. The summed E-state index contributed by atoms with van der Waals surface area (Å²) in [5.41, 5.74) is 2.32. The van der Waals surface area contributed by atoms with E-state index in [0.717, 1.165) is 13.1 Å². The number of aliphatic imine (C=N–C) groups is 1. The summed E-state index contributed by atoms with van der Waals surface area (Å²) >= 11 is 0. The molecule has 1 amide bonds. The Kier molecular flexibility index (Phi) is 7.75. The lowest BCUT2D eigenvalue weighted by Gasteiger charge is -2.20. The molecule has 1 aromatic rings. The lowest BCUT2D eigenvalue weighted by molar-refractivity contribution is -0.121. The Hall–Kier alpha value is -2.04. The highest BCUT2D eigenvalue weighted by atomic mass is 16.2. The third-order valence-electron chi connectivity index (χ3n) is 3.43. The number of amides is 1. The van der Waals surface area contributed by atoms with Gasteiger partial charge in [-0.05, 0) is 46.1 Å². The first-order valence-electron chi connectivity index (χ1n) is 8.61. The Morgan fingerprint density at radius 1 is 1.25 bits per heavy atom. The van der Waals surface area contributed by atoms with Crippen LogP contribution in [0.2, 0.25) is 0 Å². The molecule has 0 aromatic heterocycles. The van der Waals surface area contributed by atoms with E-state index >= 15 is 0 Å². The van der Waals surface area contributed by atoms with Crippen LogP contribution in [-0.2, 0) is 4.79 Å². The highest BCUT2D eigenvalue weighted by molar-refractivity contribution is 5.85. The summed E-state index contributed by atoms with van der Waals surface area (Å²) in [5, 5.41) is 9.41. The third-order valence-corrected chi connectivity index (χ3v) is 3.43. The molecule has 1 unspecified atom stereocenters. The van der Waals surface area contributed by atoms with Gasteiger partial charge in [0.15, 0.2) is 5.96 Å². The van der Waals surface area contributed by atoms with Gasteiger partial charge in [0.2, 0.25) is 5.91 Å². The third kappa shape index (κ3) is 7.99. The van der Waals surface area contributed by atoms with Crippen LogP contribution in [0, 0.1) is 6.92 Å². The predicted molar refractivity (Wildman–Crippen MR) is 101 cm³/mol. The molecular weight excluding hydrogens is 300 g/mol. The van der Waals surface area contributed by atoms with Crippen LogP contribution in [0.5, 0.6) is 0 Å². The van der Waals surface area contributed by atoms with Gasteiger partial charge in [-0.2, -0.15) is 0 Å². The van der Waals surface area contributed by atoms with Gasteiger partial charge in [0, 0.05) is 18.6 Å². The lowest BCUT2D eigenvalue weighted by Crippen LogP contribution is -2.43. The van der Waals surface area contributed by atoms with Gasteiger partial charge in [-0.1, -0.05) is 36.8 Å². The molecule has 3 N–H and O–H groups in total. The number of guanidine groups is 1. The van der Waals surface area contributed by atoms with Crippen molar-refractivity contribution in [1.82, 2.24) is 16.0 Å². The topological polar surface area (TPSA) is 65.5 Å². The molecule has 0 bridgehead atoms. The average Bonchev–Trinajstić information content (AvgIpc) is 2.48. The molecule has 1 aromatic carbocycles. The van der Waals surface area contributed by atoms with Crippen LogP contribution in [0.1, 0.15) is 51.7 Å². The number of nitrogens with one attached hydrogen (secondary N) is 3. The molecule has 0 aliphatic rings. The molecule has 134 valence electrons. The molecule has 0 saturated carbocycles. The van der Waals surface area contributed by atoms with Gasteiger partial charge in [0.1, 0.15) is 6.54 Å². The molecule has 0 radical (unpaired) electrons. The molecule has 24 heavy (non-hydrogen) atoms. The monoisotopic (exact) mass is 332 g/mol. The van der Waals surface area contributed by atoms with Gasteiger partial charge in [0.25, 0.3) is 0 Å². The molecule has 0 fully saturated rings. The zero-order valence-corrected chi connectivity index (χ0v) is 15.9. The number of hydrogen-bond acceptors (Lipinski definition) is 2. The zero-order valence-electron chi connectivity index (χ0n) is 15.9. The molecule has 5 nitrogen and oxygen atoms in total. The van der Waals surface area contributed by atoms with E-state index in [9.17, 15) is 4.79 Å². The van der Waals surface area contributed by atoms with Crippen molar-refractivity contribution in [2.45, 2.75) is 53.0 Å². The van der Waals surface area contributed by atoms with Crippen molar-refractivity contribution < 1.29 is 4.79 Å². The van der Waals surface area contributed by atoms with E-state index in [4.69, 9.17) is 0 Å². The summed E-state index contributed by atoms with van der Waals surface area (Å²) < 4.78 is 0. The van der Waals surface area contributed by atoms with Gasteiger partial charge in [0.05, 0.1) is 0 Å². The molecule has 0 saturated heterocycles. The number of aryl methyl sites for hydroxylation is 1. The minimum Gasteiger partial charge on any atom is -0.357 e. The fraction of sp³-hybridized carbons (Fsp3) is 0.579. The van der Waals surface area contributed by atoms with E-state index in [0.29, 0.717) is 11.9 Å². The second-order valence-corrected chi connectivity index (χ2v) is 7.19. The van der Waals surface area contributed by atoms with Crippen molar-refractivity contribution in [1.29, 1.82) is 0 Å². The number of carbonyl (C=O) groups excluding carboxylic acids is 1. The first-order chi connectivity index (χ1) is 11.2. The van der Waals surface area contributed by atoms with Crippen molar-refractivity contribution in [3.63, 3.8) is 0 Å². The number of nitrogens with zero attached hydrogens (tertiary/aromatic N) is 1. The Morgan fingerprint density at radius 2 is 1.96 bits per heavy atom. The highest BCUT2D eigenvalue weighted by Gasteiger charge is 2.13. The Labute approximate surface area is 146 Å². The summed E-state index contributed by atoms with van der Waals surface area (Å²) in [6.45, 7) is 13.8. The smallest absolute Gasteiger partial charge is 0.242 e. The van der Waals surface area contributed by atoms with Crippen LogP contribution < -0.4 is 16.0 Å². The standard InChI is InChI=1S/C19H32N4O/c1-7-20-18(22-13-17(24)23-19(4,5)6)21-12-15(3)16-10-8-9-14(2)11-16/h8-11,15H,7,12-13H2,1-6H3,(H,23,24)(H2,20,21,22). The average molecular weight is 332 g/mol. The quantitative estimate of drug-likeness (QED) is 0.554. The number of carbonyl (C=O) groups is 1. The second-order valence-electron chi connectivity index (χ2n) is 7.19. The fourth-order valence-electron chi connectivity index (χ4n) is 2.29. The van der Waals surface area contributed by atoms with Crippen LogP contribution >= 0.6 is 0 Å². The summed E-state index contributed by atoms with van der Waals surface area (Å²) in [4.78, 5) is 16.3. The van der Waals surface area contributed by atoms with Gasteiger partial charge in [-0.25, -0.2) is 4.99 Å². The van der Waals surface area contributed by atoms with Crippen molar-refractivity contribution >= 4 is 11.9 Å². The highest BCUT2D eigenvalue weighted by Crippen LogP contribution is 2.15. The molecule has 1 rings (SSSR count). The molecular formula is C19H32N4O. The van der Waals surface area contributed by atoms with Gasteiger partial charge < -0.3 is 16.0 Å². The van der Waals surface area contributed by atoms with Gasteiger partial charge >= 0.3 is 0 Å². The minimum absolute atomic E-state index is 0.0774. The van der Waals surface area contributed by atoms with Crippen LogP contribution in [0.4, 0.5) is 0 Å². The normalized spacial score (nSPS) is 13.3. The van der Waals surface area contributed by atoms with E-state index in [-0.39, 0.29) is 18.0 Å². The minimum atomic E-state index is -0.238.